The molecule has 33 heavy (non-hydrogen) atoms. The summed E-state index contributed by atoms with van der Waals surface area (Å²) in [7, 11) is -0.542. The molecule has 1 aliphatic heterocycles. The molecule has 8 heteroatoms. The van der Waals surface area contributed by atoms with Crippen LogP contribution in [-0.2, 0) is 10.0 Å². The summed E-state index contributed by atoms with van der Waals surface area (Å²) in [6.07, 6.45) is 1.67. The van der Waals surface area contributed by atoms with Crippen LogP contribution in [0.5, 0.6) is 11.5 Å². The summed E-state index contributed by atoms with van der Waals surface area (Å²) in [5.74, 6) is 1.25. The monoisotopic (exact) mass is 466 g/mol. The molecule has 4 rings (SSSR count). The molecule has 0 radical (unpaired) electrons. The van der Waals surface area contributed by atoms with Gasteiger partial charge >= 0.3 is 0 Å². The molecule has 172 valence electrons. The molecule has 1 N–H and O–H groups in total. The first-order valence-corrected chi connectivity index (χ1v) is 12.1. The van der Waals surface area contributed by atoms with Gasteiger partial charge in [-0.05, 0) is 67.4 Å². The van der Waals surface area contributed by atoms with Crippen molar-refractivity contribution in [1.82, 2.24) is 4.90 Å². The van der Waals surface area contributed by atoms with Crippen LogP contribution >= 0.6 is 0 Å². The summed E-state index contributed by atoms with van der Waals surface area (Å²) in [5, 5.41) is 0. The molecule has 1 aliphatic rings. The highest BCUT2D eigenvalue weighted by molar-refractivity contribution is 7.92. The zero-order chi connectivity index (χ0) is 23.4. The van der Waals surface area contributed by atoms with Crippen molar-refractivity contribution < 1.29 is 22.7 Å². The normalized spacial score (nSPS) is 15.8. The van der Waals surface area contributed by atoms with Crippen molar-refractivity contribution in [2.45, 2.75) is 23.8 Å². The lowest BCUT2D eigenvalue weighted by Crippen LogP contribution is -2.30. The minimum absolute atomic E-state index is 0.0929. The average Bonchev–Trinajstić information content (AvgIpc) is 3.33. The maximum Gasteiger partial charge on any atom is 0.261 e. The fraction of sp³-hybridized carbons (Fsp3) is 0.240. The Morgan fingerprint density at radius 3 is 2.36 bits per heavy atom. The molecule has 1 atom stereocenters. The van der Waals surface area contributed by atoms with Crippen LogP contribution in [0.2, 0.25) is 0 Å². The zero-order valence-electron chi connectivity index (χ0n) is 18.5. The Bertz CT molecular complexity index is 1230. The van der Waals surface area contributed by atoms with E-state index < -0.39 is 10.0 Å². The molecule has 0 aromatic heterocycles. The summed E-state index contributed by atoms with van der Waals surface area (Å²) in [4.78, 5) is 15.2. The Hall–Kier alpha value is -3.52. The van der Waals surface area contributed by atoms with E-state index >= 15 is 0 Å². The SMILES string of the molecule is COc1ccc(OC)c(C2CCCN2C(=O)c2ccc(S(=O)(=O)Nc3ccccc3)cc2)c1. The highest BCUT2D eigenvalue weighted by Crippen LogP contribution is 2.39. The van der Waals surface area contributed by atoms with Gasteiger partial charge in [-0.25, -0.2) is 8.42 Å². The van der Waals surface area contributed by atoms with E-state index in [9.17, 15) is 13.2 Å². The number of ether oxygens (including phenoxy) is 2. The van der Waals surface area contributed by atoms with Crippen molar-refractivity contribution in [3.63, 3.8) is 0 Å². The van der Waals surface area contributed by atoms with Gasteiger partial charge in [-0.1, -0.05) is 18.2 Å². The largest absolute Gasteiger partial charge is 0.497 e. The lowest BCUT2D eigenvalue weighted by Gasteiger charge is -2.27. The van der Waals surface area contributed by atoms with Crippen molar-refractivity contribution in [2.75, 3.05) is 25.5 Å². The smallest absolute Gasteiger partial charge is 0.261 e. The van der Waals surface area contributed by atoms with Crippen LogP contribution in [0.3, 0.4) is 0 Å². The second-order valence-electron chi connectivity index (χ2n) is 7.76. The standard InChI is InChI=1S/C25H26N2O5S/c1-31-20-12-15-24(32-2)22(17-20)23-9-6-16-27(23)25(28)18-10-13-21(14-11-18)33(29,30)26-19-7-4-3-5-8-19/h3-5,7-8,10-15,17,23,26H,6,9,16H2,1-2H3. The van der Waals surface area contributed by atoms with E-state index in [0.29, 0.717) is 29.3 Å². The maximum absolute atomic E-state index is 13.3. The number of sulfonamides is 1. The van der Waals surface area contributed by atoms with Crippen molar-refractivity contribution >= 4 is 21.6 Å². The van der Waals surface area contributed by atoms with Crippen LogP contribution in [-0.4, -0.2) is 40.0 Å². The molecule has 7 nitrogen and oxygen atoms in total. The fourth-order valence-corrected chi connectivity index (χ4v) is 5.15. The van der Waals surface area contributed by atoms with Crippen LogP contribution in [0, 0.1) is 0 Å². The van der Waals surface area contributed by atoms with Crippen molar-refractivity contribution in [2.24, 2.45) is 0 Å². The van der Waals surface area contributed by atoms with Gasteiger partial charge in [0.2, 0.25) is 0 Å². The number of anilines is 1. The lowest BCUT2D eigenvalue weighted by atomic mass is 10.0. The quantitative estimate of drug-likeness (QED) is 0.555. The minimum atomic E-state index is -3.75. The molecule has 0 aliphatic carbocycles. The molecule has 1 heterocycles. The molecule has 1 saturated heterocycles. The summed E-state index contributed by atoms with van der Waals surface area (Å²) < 4.78 is 38.8. The molecule has 3 aromatic carbocycles. The van der Waals surface area contributed by atoms with Gasteiger partial charge in [0.05, 0.1) is 25.2 Å². The van der Waals surface area contributed by atoms with E-state index in [2.05, 4.69) is 4.72 Å². The second kappa shape index (κ2) is 9.54. The van der Waals surface area contributed by atoms with E-state index in [1.165, 1.54) is 12.1 Å². The topological polar surface area (TPSA) is 84.9 Å². The Morgan fingerprint density at radius 1 is 0.970 bits per heavy atom. The number of nitrogens with one attached hydrogen (secondary N) is 1. The van der Waals surface area contributed by atoms with E-state index in [1.54, 1.807) is 50.6 Å². The third kappa shape index (κ3) is 4.80. The van der Waals surface area contributed by atoms with Gasteiger partial charge in [-0.2, -0.15) is 0 Å². The zero-order valence-corrected chi connectivity index (χ0v) is 19.3. The number of likely N-dealkylation sites (tertiary alicyclic amines) is 1. The average molecular weight is 467 g/mol. The summed E-state index contributed by atoms with van der Waals surface area (Å²) >= 11 is 0. The first kappa shape index (κ1) is 22.7. The third-order valence-electron chi connectivity index (χ3n) is 5.75. The number of benzene rings is 3. The molecule has 0 bridgehead atoms. The molecule has 0 saturated carbocycles. The summed E-state index contributed by atoms with van der Waals surface area (Å²) in [6.45, 7) is 0.611. The van der Waals surface area contributed by atoms with Gasteiger partial charge in [-0.15, -0.1) is 0 Å². The predicted molar refractivity (Wildman–Crippen MR) is 126 cm³/mol. The fourth-order valence-electron chi connectivity index (χ4n) is 4.10. The first-order chi connectivity index (χ1) is 15.9. The van der Waals surface area contributed by atoms with Crippen LogP contribution < -0.4 is 14.2 Å². The van der Waals surface area contributed by atoms with Crippen molar-refractivity contribution in [3.8, 4) is 11.5 Å². The number of hydrogen-bond donors (Lipinski definition) is 1. The van der Waals surface area contributed by atoms with Gasteiger partial charge in [0.15, 0.2) is 0 Å². The van der Waals surface area contributed by atoms with Crippen molar-refractivity contribution in [1.29, 1.82) is 0 Å². The van der Waals surface area contributed by atoms with Gasteiger partial charge in [0, 0.05) is 23.4 Å². The lowest BCUT2D eigenvalue weighted by molar-refractivity contribution is 0.0734. The van der Waals surface area contributed by atoms with Crippen molar-refractivity contribution in [3.05, 3.63) is 83.9 Å². The molecular weight excluding hydrogens is 440 g/mol. The first-order valence-electron chi connectivity index (χ1n) is 10.6. The highest BCUT2D eigenvalue weighted by atomic mass is 32.2. The number of methoxy groups -OCH3 is 2. The Labute approximate surface area is 194 Å². The molecular formula is C25H26N2O5S. The number of carbonyl (C=O) groups excluding carboxylic acids is 1. The molecule has 1 fully saturated rings. The number of rotatable bonds is 7. The number of para-hydroxylation sites is 1. The maximum atomic E-state index is 13.3. The third-order valence-corrected chi connectivity index (χ3v) is 7.14. The number of carbonyl (C=O) groups is 1. The van der Waals surface area contributed by atoms with Gasteiger partial charge in [-0.3, -0.25) is 9.52 Å². The van der Waals surface area contributed by atoms with E-state index in [4.69, 9.17) is 9.47 Å². The van der Waals surface area contributed by atoms with Crippen LogP contribution in [0.25, 0.3) is 0 Å². The molecule has 0 spiro atoms. The van der Waals surface area contributed by atoms with Crippen LogP contribution in [0.1, 0.15) is 34.8 Å². The van der Waals surface area contributed by atoms with E-state index in [0.717, 1.165) is 18.4 Å². The van der Waals surface area contributed by atoms with E-state index in [-0.39, 0.29) is 16.8 Å². The number of nitrogens with zero attached hydrogens (tertiary/aromatic N) is 1. The molecule has 1 unspecified atom stereocenters. The molecule has 1 amide bonds. The van der Waals surface area contributed by atoms with Gasteiger partial charge in [0.25, 0.3) is 15.9 Å². The van der Waals surface area contributed by atoms with Crippen LogP contribution in [0.15, 0.2) is 77.7 Å². The Kier molecular flexibility index (Phi) is 6.55. The Balaban J connectivity index is 1.56. The predicted octanol–water partition coefficient (Wildman–Crippen LogP) is 4.48. The highest BCUT2D eigenvalue weighted by Gasteiger charge is 2.33. The molecule has 3 aromatic rings. The second-order valence-corrected chi connectivity index (χ2v) is 9.44. The van der Waals surface area contributed by atoms with Crippen LogP contribution in [0.4, 0.5) is 5.69 Å². The van der Waals surface area contributed by atoms with E-state index in [1.807, 2.05) is 29.2 Å². The number of amides is 1. The Morgan fingerprint density at radius 2 is 1.70 bits per heavy atom. The summed E-state index contributed by atoms with van der Waals surface area (Å²) in [5.41, 5.74) is 1.81. The van der Waals surface area contributed by atoms with Gasteiger partial charge < -0.3 is 14.4 Å². The van der Waals surface area contributed by atoms with Gasteiger partial charge in [0.1, 0.15) is 11.5 Å². The summed E-state index contributed by atoms with van der Waals surface area (Å²) in [6, 6.07) is 20.1. The number of hydrogen-bond acceptors (Lipinski definition) is 5. The minimum Gasteiger partial charge on any atom is -0.497 e.